The van der Waals surface area contributed by atoms with Crippen molar-refractivity contribution in [1.82, 2.24) is 9.97 Å². The zero-order valence-electron chi connectivity index (χ0n) is 8.31. The summed E-state index contributed by atoms with van der Waals surface area (Å²) < 4.78 is 0.849. The van der Waals surface area contributed by atoms with Crippen molar-refractivity contribution < 1.29 is 5.11 Å². The van der Waals surface area contributed by atoms with Crippen LogP contribution in [0.1, 0.15) is 13.8 Å². The van der Waals surface area contributed by atoms with Gasteiger partial charge in [-0.25, -0.2) is 9.97 Å². The molecule has 4 nitrogen and oxygen atoms in total. The third-order valence-corrected chi connectivity index (χ3v) is 2.44. The molecule has 5 heteroatoms. The summed E-state index contributed by atoms with van der Waals surface area (Å²) in [5.41, 5.74) is 0. The second-order valence-electron chi connectivity index (χ2n) is 3.21. The highest BCUT2D eigenvalue weighted by molar-refractivity contribution is 9.10. The van der Waals surface area contributed by atoms with Crippen molar-refractivity contribution in [1.29, 1.82) is 0 Å². The average Bonchev–Trinajstić information content (AvgIpc) is 2.15. The van der Waals surface area contributed by atoms with E-state index in [1.165, 1.54) is 6.33 Å². The number of anilines is 1. The van der Waals surface area contributed by atoms with E-state index < -0.39 is 0 Å². The Balaban J connectivity index is 2.93. The van der Waals surface area contributed by atoms with Gasteiger partial charge in [-0.3, -0.25) is 0 Å². The number of hydrogen-bond acceptors (Lipinski definition) is 4. The molecule has 1 N–H and O–H groups in total. The molecule has 1 rings (SSSR count). The van der Waals surface area contributed by atoms with Crippen LogP contribution in [0.25, 0.3) is 0 Å². The summed E-state index contributed by atoms with van der Waals surface area (Å²) in [4.78, 5) is 10.1. The molecule has 0 aromatic carbocycles. The van der Waals surface area contributed by atoms with E-state index in [1.807, 2.05) is 4.90 Å². The molecule has 0 fully saturated rings. The smallest absolute Gasteiger partial charge is 0.146 e. The van der Waals surface area contributed by atoms with Crippen molar-refractivity contribution in [3.8, 4) is 0 Å². The normalized spacial score (nSPS) is 10.6. The molecule has 0 saturated carbocycles. The third kappa shape index (κ3) is 2.65. The molecule has 1 aromatic rings. The Kier molecular flexibility index (Phi) is 4.28. The molecular formula is C9H14BrN3O. The summed E-state index contributed by atoms with van der Waals surface area (Å²) in [7, 11) is 0. The van der Waals surface area contributed by atoms with E-state index in [-0.39, 0.29) is 6.61 Å². The molecule has 0 aliphatic heterocycles. The SMILES string of the molecule is CC(C)N(CCO)c1ncncc1Br. The van der Waals surface area contributed by atoms with E-state index in [0.29, 0.717) is 12.6 Å². The maximum absolute atomic E-state index is 8.94. The minimum absolute atomic E-state index is 0.120. The summed E-state index contributed by atoms with van der Waals surface area (Å²) >= 11 is 3.39. The molecule has 0 aliphatic carbocycles. The van der Waals surface area contributed by atoms with E-state index in [9.17, 15) is 0 Å². The molecule has 78 valence electrons. The fraction of sp³-hybridized carbons (Fsp3) is 0.556. The predicted octanol–water partition coefficient (Wildman–Crippen LogP) is 1.45. The second kappa shape index (κ2) is 5.26. The molecule has 1 heterocycles. The maximum Gasteiger partial charge on any atom is 0.146 e. The Morgan fingerprint density at radius 1 is 1.57 bits per heavy atom. The number of aromatic nitrogens is 2. The van der Waals surface area contributed by atoms with Gasteiger partial charge in [-0.15, -0.1) is 0 Å². The Hall–Kier alpha value is -0.680. The fourth-order valence-corrected chi connectivity index (χ4v) is 1.68. The predicted molar refractivity (Wildman–Crippen MR) is 59.3 cm³/mol. The van der Waals surface area contributed by atoms with Crippen LogP contribution in [0.2, 0.25) is 0 Å². The van der Waals surface area contributed by atoms with E-state index in [4.69, 9.17) is 5.11 Å². The average molecular weight is 260 g/mol. The van der Waals surface area contributed by atoms with Gasteiger partial charge in [0.1, 0.15) is 12.1 Å². The van der Waals surface area contributed by atoms with Crippen molar-refractivity contribution in [2.75, 3.05) is 18.1 Å². The highest BCUT2D eigenvalue weighted by atomic mass is 79.9. The second-order valence-corrected chi connectivity index (χ2v) is 4.06. The van der Waals surface area contributed by atoms with Crippen LogP contribution in [0.3, 0.4) is 0 Å². The first-order chi connectivity index (χ1) is 6.66. The van der Waals surface area contributed by atoms with Gasteiger partial charge in [-0.05, 0) is 29.8 Å². The quantitative estimate of drug-likeness (QED) is 0.890. The van der Waals surface area contributed by atoms with Crippen LogP contribution in [0, 0.1) is 0 Å². The Labute approximate surface area is 92.1 Å². The van der Waals surface area contributed by atoms with Gasteiger partial charge in [0, 0.05) is 18.8 Å². The van der Waals surface area contributed by atoms with Crippen molar-refractivity contribution in [2.45, 2.75) is 19.9 Å². The molecule has 0 spiro atoms. The molecule has 1 aromatic heterocycles. The molecule has 0 bridgehead atoms. The van der Waals surface area contributed by atoms with E-state index >= 15 is 0 Å². The molecule has 0 atom stereocenters. The van der Waals surface area contributed by atoms with Crippen LogP contribution in [-0.4, -0.2) is 34.3 Å². The first-order valence-corrected chi connectivity index (χ1v) is 5.29. The van der Waals surface area contributed by atoms with Gasteiger partial charge in [0.25, 0.3) is 0 Å². The maximum atomic E-state index is 8.94. The molecular weight excluding hydrogens is 246 g/mol. The van der Waals surface area contributed by atoms with Crippen LogP contribution in [-0.2, 0) is 0 Å². The van der Waals surface area contributed by atoms with Crippen molar-refractivity contribution >= 4 is 21.7 Å². The van der Waals surface area contributed by atoms with Crippen molar-refractivity contribution in [3.05, 3.63) is 17.0 Å². The van der Waals surface area contributed by atoms with E-state index in [1.54, 1.807) is 6.20 Å². The summed E-state index contributed by atoms with van der Waals surface area (Å²) in [6, 6.07) is 0.299. The van der Waals surface area contributed by atoms with Gasteiger partial charge in [0.2, 0.25) is 0 Å². The zero-order chi connectivity index (χ0) is 10.6. The summed E-state index contributed by atoms with van der Waals surface area (Å²) in [6.45, 7) is 4.82. The standard InChI is InChI=1S/C9H14BrN3O/c1-7(2)13(3-4-14)9-8(10)5-11-6-12-9/h5-7,14H,3-4H2,1-2H3. The lowest BCUT2D eigenvalue weighted by molar-refractivity contribution is 0.298. The molecule has 0 unspecified atom stereocenters. The van der Waals surface area contributed by atoms with Crippen LogP contribution in [0.4, 0.5) is 5.82 Å². The van der Waals surface area contributed by atoms with Gasteiger partial charge in [0.05, 0.1) is 11.1 Å². The van der Waals surface area contributed by atoms with Crippen molar-refractivity contribution in [3.63, 3.8) is 0 Å². The minimum Gasteiger partial charge on any atom is -0.395 e. The highest BCUT2D eigenvalue weighted by Crippen LogP contribution is 2.23. The molecule has 0 radical (unpaired) electrons. The molecule has 0 amide bonds. The number of hydrogen-bond donors (Lipinski definition) is 1. The Morgan fingerprint density at radius 2 is 2.29 bits per heavy atom. The topological polar surface area (TPSA) is 49.2 Å². The lowest BCUT2D eigenvalue weighted by atomic mass is 10.3. The lowest BCUT2D eigenvalue weighted by Gasteiger charge is -2.27. The van der Waals surface area contributed by atoms with Crippen molar-refractivity contribution in [2.24, 2.45) is 0 Å². The first-order valence-electron chi connectivity index (χ1n) is 4.49. The fourth-order valence-electron chi connectivity index (χ4n) is 1.23. The summed E-state index contributed by atoms with van der Waals surface area (Å²) in [5.74, 6) is 0.823. The van der Waals surface area contributed by atoms with Crippen LogP contribution >= 0.6 is 15.9 Å². The van der Waals surface area contributed by atoms with Crippen LogP contribution < -0.4 is 4.90 Å². The Bertz CT molecular complexity index is 293. The number of aliphatic hydroxyl groups excluding tert-OH is 1. The van der Waals surface area contributed by atoms with Crippen LogP contribution in [0.5, 0.6) is 0 Å². The van der Waals surface area contributed by atoms with Gasteiger partial charge >= 0.3 is 0 Å². The molecule has 14 heavy (non-hydrogen) atoms. The minimum atomic E-state index is 0.120. The first kappa shape index (κ1) is 11.4. The zero-order valence-corrected chi connectivity index (χ0v) is 9.90. The van der Waals surface area contributed by atoms with Gasteiger partial charge in [-0.1, -0.05) is 0 Å². The third-order valence-electron chi connectivity index (χ3n) is 1.88. The number of nitrogens with zero attached hydrogens (tertiary/aromatic N) is 3. The van der Waals surface area contributed by atoms with Gasteiger partial charge in [-0.2, -0.15) is 0 Å². The van der Waals surface area contributed by atoms with Crippen LogP contribution in [0.15, 0.2) is 17.0 Å². The molecule has 0 aliphatic rings. The van der Waals surface area contributed by atoms with Gasteiger partial charge in [0.15, 0.2) is 0 Å². The molecule has 0 saturated heterocycles. The largest absolute Gasteiger partial charge is 0.395 e. The Morgan fingerprint density at radius 3 is 2.79 bits per heavy atom. The summed E-state index contributed by atoms with van der Waals surface area (Å²) in [5, 5.41) is 8.94. The van der Waals surface area contributed by atoms with E-state index in [0.717, 1.165) is 10.3 Å². The monoisotopic (exact) mass is 259 g/mol. The number of rotatable bonds is 4. The van der Waals surface area contributed by atoms with Gasteiger partial charge < -0.3 is 10.0 Å². The highest BCUT2D eigenvalue weighted by Gasteiger charge is 2.13. The van der Waals surface area contributed by atoms with E-state index in [2.05, 4.69) is 39.7 Å². The number of aliphatic hydroxyl groups is 1. The number of halogens is 1. The lowest BCUT2D eigenvalue weighted by Crippen LogP contribution is -2.34. The summed E-state index contributed by atoms with van der Waals surface area (Å²) in [6.07, 6.45) is 3.21.